The average molecular weight is 334 g/mol. The molecule has 0 atom stereocenters. The van der Waals surface area contributed by atoms with E-state index in [1.54, 1.807) is 30.3 Å². The number of esters is 1. The number of carbonyl (C=O) groups is 3. The molecule has 118 valence electrons. The molecule has 2 heterocycles. The molecule has 0 unspecified atom stereocenters. The Morgan fingerprint density at radius 1 is 1.30 bits per heavy atom. The van der Waals surface area contributed by atoms with Crippen LogP contribution in [0.4, 0.5) is 4.79 Å². The summed E-state index contributed by atoms with van der Waals surface area (Å²) in [6, 6.07) is 7.68. The molecule has 23 heavy (non-hydrogen) atoms. The van der Waals surface area contributed by atoms with E-state index in [2.05, 4.69) is 10.3 Å². The second-order valence-electron chi connectivity index (χ2n) is 4.89. The number of hydrogen-bond donors (Lipinski definition) is 1. The van der Waals surface area contributed by atoms with Crippen molar-refractivity contribution < 1.29 is 19.1 Å². The summed E-state index contributed by atoms with van der Waals surface area (Å²) >= 11 is 5.80. The zero-order chi connectivity index (χ0) is 16.4. The number of carbonyl (C=O) groups excluding carboxylic acids is 3. The quantitative estimate of drug-likeness (QED) is 0.680. The van der Waals surface area contributed by atoms with Gasteiger partial charge in [0.1, 0.15) is 5.15 Å². The van der Waals surface area contributed by atoms with Gasteiger partial charge in [-0.25, -0.2) is 14.6 Å². The second kappa shape index (κ2) is 6.21. The van der Waals surface area contributed by atoms with Crippen LogP contribution in [0.1, 0.15) is 10.4 Å². The van der Waals surface area contributed by atoms with Crippen molar-refractivity contribution in [1.82, 2.24) is 15.2 Å². The van der Waals surface area contributed by atoms with Crippen LogP contribution in [-0.2, 0) is 9.53 Å². The van der Waals surface area contributed by atoms with Crippen LogP contribution in [0.5, 0.6) is 0 Å². The summed E-state index contributed by atoms with van der Waals surface area (Å²) in [7, 11) is 0. The normalized spacial score (nSPS) is 14.0. The van der Waals surface area contributed by atoms with Gasteiger partial charge in [0, 0.05) is 18.5 Å². The van der Waals surface area contributed by atoms with Gasteiger partial charge in [0.05, 0.1) is 11.1 Å². The van der Waals surface area contributed by atoms with Gasteiger partial charge in [0.2, 0.25) is 0 Å². The molecular weight excluding hydrogens is 322 g/mol. The number of imide groups is 1. The van der Waals surface area contributed by atoms with Crippen LogP contribution < -0.4 is 5.32 Å². The van der Waals surface area contributed by atoms with E-state index in [0.29, 0.717) is 22.8 Å². The highest BCUT2D eigenvalue weighted by Gasteiger charge is 2.26. The number of halogens is 1. The summed E-state index contributed by atoms with van der Waals surface area (Å²) in [5.41, 5.74) is 0.944. The van der Waals surface area contributed by atoms with Crippen molar-refractivity contribution in [3.63, 3.8) is 0 Å². The van der Waals surface area contributed by atoms with E-state index in [4.69, 9.17) is 16.3 Å². The van der Waals surface area contributed by atoms with Gasteiger partial charge in [-0.1, -0.05) is 11.6 Å². The Morgan fingerprint density at radius 2 is 2.13 bits per heavy atom. The summed E-state index contributed by atoms with van der Waals surface area (Å²) in [6.07, 6.45) is 0. The third-order valence-electron chi connectivity index (χ3n) is 3.38. The number of nitrogens with zero attached hydrogens (tertiary/aromatic N) is 2. The SMILES string of the molecule is O=C(OCC(=O)N1CCNC1=O)c1ccc2nc(Cl)ccc2c1. The molecule has 1 N–H and O–H groups in total. The molecule has 0 radical (unpaired) electrons. The first-order valence-corrected chi connectivity index (χ1v) is 7.24. The third-order valence-corrected chi connectivity index (χ3v) is 3.59. The van der Waals surface area contributed by atoms with Crippen LogP contribution in [0.25, 0.3) is 10.9 Å². The minimum Gasteiger partial charge on any atom is -0.452 e. The number of rotatable bonds is 3. The molecule has 0 saturated carbocycles. The number of hydrogen-bond acceptors (Lipinski definition) is 5. The Labute approximate surface area is 136 Å². The predicted molar refractivity (Wildman–Crippen MR) is 82.1 cm³/mol. The maximum atomic E-state index is 12.0. The lowest BCUT2D eigenvalue weighted by Gasteiger charge is -2.12. The summed E-state index contributed by atoms with van der Waals surface area (Å²) in [5, 5.41) is 3.60. The van der Waals surface area contributed by atoms with E-state index in [-0.39, 0.29) is 6.54 Å². The minimum atomic E-state index is -0.644. The molecule has 0 bridgehead atoms. The summed E-state index contributed by atoms with van der Waals surface area (Å²) in [4.78, 5) is 40.3. The zero-order valence-corrected chi connectivity index (χ0v) is 12.7. The Morgan fingerprint density at radius 3 is 2.87 bits per heavy atom. The molecule has 2 aromatic rings. The van der Waals surface area contributed by atoms with Crippen molar-refractivity contribution in [1.29, 1.82) is 0 Å². The van der Waals surface area contributed by atoms with Gasteiger partial charge < -0.3 is 10.1 Å². The summed E-state index contributed by atoms with van der Waals surface area (Å²) < 4.78 is 4.97. The fraction of sp³-hybridized carbons (Fsp3) is 0.200. The minimum absolute atomic E-state index is 0.275. The molecule has 1 saturated heterocycles. The van der Waals surface area contributed by atoms with Crippen molar-refractivity contribution in [3.8, 4) is 0 Å². The molecule has 1 aromatic heterocycles. The molecule has 1 aromatic carbocycles. The van der Waals surface area contributed by atoms with Gasteiger partial charge in [0.25, 0.3) is 5.91 Å². The smallest absolute Gasteiger partial charge is 0.338 e. The Hall–Kier alpha value is -2.67. The Balaban J connectivity index is 1.67. The number of amides is 3. The predicted octanol–water partition coefficient (Wildman–Crippen LogP) is 1.60. The maximum Gasteiger partial charge on any atom is 0.338 e. The first-order valence-electron chi connectivity index (χ1n) is 6.86. The molecule has 1 aliphatic rings. The highest BCUT2D eigenvalue weighted by molar-refractivity contribution is 6.29. The molecule has 8 heteroatoms. The fourth-order valence-electron chi connectivity index (χ4n) is 2.23. The molecule has 1 aliphatic heterocycles. The maximum absolute atomic E-state index is 12.0. The van der Waals surface area contributed by atoms with Crippen LogP contribution in [0.2, 0.25) is 5.15 Å². The van der Waals surface area contributed by atoms with Crippen molar-refractivity contribution in [2.45, 2.75) is 0 Å². The van der Waals surface area contributed by atoms with Crippen molar-refractivity contribution >= 4 is 40.4 Å². The van der Waals surface area contributed by atoms with Gasteiger partial charge in [-0.05, 0) is 30.3 Å². The fourth-order valence-corrected chi connectivity index (χ4v) is 2.38. The number of benzene rings is 1. The molecule has 7 nitrogen and oxygen atoms in total. The number of nitrogens with one attached hydrogen (secondary N) is 1. The lowest BCUT2D eigenvalue weighted by Crippen LogP contribution is -2.37. The van der Waals surface area contributed by atoms with Crippen LogP contribution in [0.15, 0.2) is 30.3 Å². The molecular formula is C15H12ClN3O4. The number of ether oxygens (including phenoxy) is 1. The number of urea groups is 1. The third kappa shape index (κ3) is 3.24. The highest BCUT2D eigenvalue weighted by atomic mass is 35.5. The van der Waals surface area contributed by atoms with Crippen molar-refractivity contribution in [2.75, 3.05) is 19.7 Å². The molecule has 3 amide bonds. The average Bonchev–Trinajstić information content (AvgIpc) is 2.98. The summed E-state index contributed by atoms with van der Waals surface area (Å²) in [5.74, 6) is -1.20. The number of pyridine rings is 1. The van der Waals surface area contributed by atoms with Gasteiger partial charge in [0.15, 0.2) is 6.61 Å². The van der Waals surface area contributed by atoms with Crippen LogP contribution in [0, 0.1) is 0 Å². The van der Waals surface area contributed by atoms with E-state index in [0.717, 1.165) is 10.3 Å². The number of fused-ring (bicyclic) bond motifs is 1. The van der Waals surface area contributed by atoms with Gasteiger partial charge in [-0.15, -0.1) is 0 Å². The highest BCUT2D eigenvalue weighted by Crippen LogP contribution is 2.17. The Bertz CT molecular complexity index is 808. The van der Waals surface area contributed by atoms with E-state index < -0.39 is 24.5 Å². The van der Waals surface area contributed by atoms with E-state index in [1.807, 2.05) is 0 Å². The lowest BCUT2D eigenvalue weighted by atomic mass is 10.1. The first kappa shape index (κ1) is 15.2. The summed E-state index contributed by atoms with van der Waals surface area (Å²) in [6.45, 7) is 0.194. The van der Waals surface area contributed by atoms with Crippen LogP contribution in [-0.4, -0.2) is 47.5 Å². The van der Waals surface area contributed by atoms with E-state index in [1.165, 1.54) is 0 Å². The lowest BCUT2D eigenvalue weighted by molar-refractivity contribution is -0.130. The second-order valence-corrected chi connectivity index (χ2v) is 5.28. The zero-order valence-electron chi connectivity index (χ0n) is 11.9. The largest absolute Gasteiger partial charge is 0.452 e. The van der Waals surface area contributed by atoms with Crippen molar-refractivity contribution in [2.24, 2.45) is 0 Å². The topological polar surface area (TPSA) is 88.6 Å². The number of aromatic nitrogens is 1. The van der Waals surface area contributed by atoms with Crippen LogP contribution >= 0.6 is 11.6 Å². The molecule has 0 spiro atoms. The molecule has 1 fully saturated rings. The van der Waals surface area contributed by atoms with Crippen molar-refractivity contribution in [3.05, 3.63) is 41.0 Å². The molecule has 3 rings (SSSR count). The molecule has 0 aliphatic carbocycles. The monoisotopic (exact) mass is 333 g/mol. The standard InChI is InChI=1S/C15H12ClN3O4/c16-12-4-2-9-7-10(1-3-11(9)18-12)14(21)23-8-13(20)19-6-5-17-15(19)22/h1-4,7H,5-6,8H2,(H,17,22). The first-order chi connectivity index (χ1) is 11.0. The van der Waals surface area contributed by atoms with E-state index in [9.17, 15) is 14.4 Å². The Kier molecular flexibility index (Phi) is 4.12. The van der Waals surface area contributed by atoms with Gasteiger partial charge in [-0.3, -0.25) is 9.69 Å². The van der Waals surface area contributed by atoms with Gasteiger partial charge in [-0.2, -0.15) is 0 Å². The van der Waals surface area contributed by atoms with E-state index >= 15 is 0 Å². The van der Waals surface area contributed by atoms with Crippen LogP contribution in [0.3, 0.4) is 0 Å². The van der Waals surface area contributed by atoms with Gasteiger partial charge >= 0.3 is 12.0 Å².